The number of esters is 3. The van der Waals surface area contributed by atoms with E-state index in [0.717, 1.165) is 26.2 Å². The number of ether oxygens (including phenoxy) is 3. The van der Waals surface area contributed by atoms with Gasteiger partial charge < -0.3 is 14.2 Å². The van der Waals surface area contributed by atoms with Crippen molar-refractivity contribution in [2.24, 2.45) is 46.3 Å². The van der Waals surface area contributed by atoms with Gasteiger partial charge in [0.15, 0.2) is 0 Å². The molecule has 4 aliphatic carbocycles. The summed E-state index contributed by atoms with van der Waals surface area (Å²) in [5.41, 5.74) is -0.949. The van der Waals surface area contributed by atoms with Crippen LogP contribution in [0.5, 0.6) is 0 Å². The highest BCUT2D eigenvalue weighted by Gasteiger charge is 2.64. The highest BCUT2D eigenvalue weighted by atomic mass is 16.5. The van der Waals surface area contributed by atoms with Crippen LogP contribution in [0.2, 0.25) is 0 Å². The number of hydrogen-bond donors (Lipinski definition) is 0. The van der Waals surface area contributed by atoms with Crippen molar-refractivity contribution in [3.8, 4) is 0 Å². The van der Waals surface area contributed by atoms with E-state index < -0.39 is 48.2 Å². The lowest BCUT2D eigenvalue weighted by Gasteiger charge is -2.62. The molecule has 0 amide bonds. The number of carbonyl (C=O) groups excluding carboxylic acids is 3. The third kappa shape index (κ3) is 4.39. The minimum Gasteiger partial charge on any atom is -0.469 e. The number of carbonyl (C=O) groups is 3. The van der Waals surface area contributed by atoms with Crippen LogP contribution < -0.4 is 0 Å². The van der Waals surface area contributed by atoms with Gasteiger partial charge in [0.2, 0.25) is 0 Å². The molecule has 4 rings (SSSR count). The molecule has 0 aromatic heterocycles. The predicted molar refractivity (Wildman–Crippen MR) is 128 cm³/mol. The first-order valence-electron chi connectivity index (χ1n) is 15.3. The lowest BCUT2D eigenvalue weighted by molar-refractivity contribution is -0.197. The molecule has 34 heavy (non-hydrogen) atoms. The average molecular weight is 482 g/mol. The van der Waals surface area contributed by atoms with E-state index in [1.54, 1.807) is 0 Å². The molecule has 0 aliphatic heterocycles. The minimum absolute atomic E-state index is 0.0946. The Bertz CT molecular complexity index is 1020. The third-order valence-electron chi connectivity index (χ3n) is 9.85. The molecule has 0 aromatic rings. The van der Waals surface area contributed by atoms with Gasteiger partial charge in [0.05, 0.1) is 8.48 Å². The van der Waals surface area contributed by atoms with Crippen molar-refractivity contribution >= 4 is 17.9 Å². The summed E-state index contributed by atoms with van der Waals surface area (Å²) in [6.45, 7) is 8.71. The average Bonchev–Trinajstić information content (AvgIpc) is 3.15. The van der Waals surface area contributed by atoms with E-state index in [2.05, 4.69) is 13.8 Å². The van der Waals surface area contributed by atoms with Crippen molar-refractivity contribution in [2.45, 2.75) is 104 Å². The van der Waals surface area contributed by atoms with E-state index >= 15 is 0 Å². The van der Waals surface area contributed by atoms with Crippen LogP contribution in [0.3, 0.4) is 0 Å². The maximum absolute atomic E-state index is 12.3. The first-order chi connectivity index (χ1) is 17.9. The summed E-state index contributed by atoms with van der Waals surface area (Å²) < 4.78 is 60.7. The van der Waals surface area contributed by atoms with Gasteiger partial charge in [0.1, 0.15) is 12.2 Å². The molecule has 4 saturated carbocycles. The molecule has 0 bridgehead atoms. The van der Waals surface area contributed by atoms with Gasteiger partial charge in [-0.05, 0) is 91.7 Å². The Balaban J connectivity index is 1.76. The van der Waals surface area contributed by atoms with Gasteiger partial charge in [-0.3, -0.25) is 14.4 Å². The van der Waals surface area contributed by atoms with Crippen LogP contribution in [0.1, 0.15) is 99.2 Å². The molecule has 0 heterocycles. The molecule has 6 heteroatoms. The van der Waals surface area contributed by atoms with Crippen LogP contribution in [0.4, 0.5) is 0 Å². The SMILES string of the molecule is [2H]C1([2H])C[C@@]2(C)[C@H](C[C@H](OC(C)=O)[C@@H]3[C@@H]2CC[C@]2(C)[C@@H]([C@H](C)CC(=O)OC)CC[C@@H]32)C([2H])([2H])[C@@]1([2H])OC(C)=O. The Morgan fingerprint density at radius 3 is 2.35 bits per heavy atom. The monoisotopic (exact) mass is 481 g/mol. The van der Waals surface area contributed by atoms with Gasteiger partial charge >= 0.3 is 17.9 Å². The fourth-order valence-electron chi connectivity index (χ4n) is 8.37. The second kappa shape index (κ2) is 9.46. The van der Waals surface area contributed by atoms with E-state index in [-0.39, 0.29) is 53.8 Å². The van der Waals surface area contributed by atoms with Gasteiger partial charge in [-0.25, -0.2) is 0 Å². The fourth-order valence-corrected chi connectivity index (χ4v) is 8.37. The summed E-state index contributed by atoms with van der Waals surface area (Å²) in [6, 6.07) is 0. The molecule has 6 nitrogen and oxygen atoms in total. The molecule has 0 N–H and O–H groups in total. The smallest absolute Gasteiger partial charge is 0.305 e. The normalized spacial score (nSPS) is 51.4. The number of fused-ring (bicyclic) bond motifs is 5. The third-order valence-corrected chi connectivity index (χ3v) is 9.85. The van der Waals surface area contributed by atoms with Crippen LogP contribution in [-0.4, -0.2) is 37.2 Å². The molecule has 0 spiro atoms. The van der Waals surface area contributed by atoms with E-state index in [1.807, 2.05) is 6.92 Å². The highest BCUT2D eigenvalue weighted by Crippen LogP contribution is 2.68. The number of methoxy groups -OCH3 is 1. The molecular formula is C28H44O6. The second-order valence-electron chi connectivity index (χ2n) is 11.6. The summed E-state index contributed by atoms with van der Waals surface area (Å²) in [4.78, 5) is 36.3. The molecule has 4 aliphatic rings. The molecule has 10 atom stereocenters. The number of rotatable bonds is 5. The molecule has 0 radical (unpaired) electrons. The molecule has 0 saturated heterocycles. The highest BCUT2D eigenvalue weighted by molar-refractivity contribution is 5.69. The van der Waals surface area contributed by atoms with E-state index in [4.69, 9.17) is 21.1 Å². The standard InChI is InChI=1S/C28H44O6/c1-16(13-25(31)32-6)21-7-8-22-26-23(10-12-28(21,22)5)27(4)11-9-20(33-17(2)29)14-19(27)15-24(26)34-18(3)30/h16,19-24,26H,7-15H2,1-6H3/t16-,19+,20+,21-,22+,23+,24+,26+,27+,28-/m1/s1/i9D2,14D2,20D. The van der Waals surface area contributed by atoms with Crippen LogP contribution in [0, 0.1) is 46.3 Å². The van der Waals surface area contributed by atoms with Crippen LogP contribution in [-0.2, 0) is 28.6 Å². The Hall–Kier alpha value is -1.59. The van der Waals surface area contributed by atoms with Crippen molar-refractivity contribution in [3.63, 3.8) is 0 Å². The van der Waals surface area contributed by atoms with Gasteiger partial charge in [0, 0.05) is 31.7 Å². The Morgan fingerprint density at radius 2 is 1.71 bits per heavy atom. The van der Waals surface area contributed by atoms with Crippen molar-refractivity contribution in [3.05, 3.63) is 0 Å². The molecule has 192 valence electrons. The maximum Gasteiger partial charge on any atom is 0.305 e. The van der Waals surface area contributed by atoms with Crippen molar-refractivity contribution < 1.29 is 35.4 Å². The topological polar surface area (TPSA) is 78.9 Å². The fraction of sp³-hybridized carbons (Fsp3) is 0.893. The lowest BCUT2D eigenvalue weighted by atomic mass is 9.43. The molecule has 4 fully saturated rings. The zero-order valence-electron chi connectivity index (χ0n) is 26.4. The summed E-state index contributed by atoms with van der Waals surface area (Å²) >= 11 is 0. The van der Waals surface area contributed by atoms with Crippen LogP contribution >= 0.6 is 0 Å². The summed E-state index contributed by atoms with van der Waals surface area (Å²) in [5.74, 6) is -2.11. The van der Waals surface area contributed by atoms with Crippen molar-refractivity contribution in [1.82, 2.24) is 0 Å². The van der Waals surface area contributed by atoms with E-state index in [1.165, 1.54) is 14.0 Å². The first-order valence-corrected chi connectivity index (χ1v) is 12.8. The minimum atomic E-state index is -2.73. The summed E-state index contributed by atoms with van der Waals surface area (Å²) in [5, 5.41) is 0. The molecular weight excluding hydrogens is 432 g/mol. The van der Waals surface area contributed by atoms with Gasteiger partial charge in [0.25, 0.3) is 0 Å². The lowest BCUT2D eigenvalue weighted by Crippen LogP contribution is -2.59. The van der Waals surface area contributed by atoms with Crippen LogP contribution in [0.15, 0.2) is 0 Å². The number of hydrogen-bond acceptors (Lipinski definition) is 6. The Kier molecular flexibility index (Phi) is 5.45. The van der Waals surface area contributed by atoms with Crippen molar-refractivity contribution in [1.29, 1.82) is 0 Å². The largest absolute Gasteiger partial charge is 0.469 e. The van der Waals surface area contributed by atoms with Crippen molar-refractivity contribution in [2.75, 3.05) is 7.11 Å². The maximum atomic E-state index is 12.3. The quantitative estimate of drug-likeness (QED) is 0.391. The second-order valence-corrected chi connectivity index (χ2v) is 11.6. The summed E-state index contributed by atoms with van der Waals surface area (Å²) in [6.07, 6.45) is -4.56. The Labute approximate surface area is 211 Å². The van der Waals surface area contributed by atoms with Crippen LogP contribution in [0.25, 0.3) is 0 Å². The molecule has 0 unspecified atom stereocenters. The van der Waals surface area contributed by atoms with E-state index in [0.29, 0.717) is 12.8 Å². The van der Waals surface area contributed by atoms with E-state index in [9.17, 15) is 14.4 Å². The Morgan fingerprint density at radius 1 is 1.03 bits per heavy atom. The predicted octanol–water partition coefficient (Wildman–Crippen LogP) is 5.32. The van der Waals surface area contributed by atoms with Gasteiger partial charge in [-0.15, -0.1) is 0 Å². The zero-order chi connectivity index (χ0) is 29.3. The first kappa shape index (κ1) is 19.6. The van der Waals surface area contributed by atoms with Gasteiger partial charge in [-0.2, -0.15) is 0 Å². The molecule has 0 aromatic carbocycles. The van der Waals surface area contributed by atoms with Gasteiger partial charge in [-0.1, -0.05) is 20.8 Å². The zero-order valence-corrected chi connectivity index (χ0v) is 21.4. The summed E-state index contributed by atoms with van der Waals surface area (Å²) in [7, 11) is 1.40.